The highest BCUT2D eigenvalue weighted by atomic mass is 19.2. The van der Waals surface area contributed by atoms with Crippen molar-refractivity contribution >= 4 is 17.3 Å². The standard InChI is InChI=1S/C17H17F3N2O3/c1-9-4-5-13(12(18)6-9)22-16-11(17(23)24-2)7-10(8-21-25-3)14(19)15(16)20/h4-7,21-22H,8H2,1-3H3. The topological polar surface area (TPSA) is 59.6 Å². The highest BCUT2D eigenvalue weighted by Crippen LogP contribution is 2.30. The molecule has 0 heterocycles. The van der Waals surface area contributed by atoms with E-state index in [1.165, 1.54) is 19.2 Å². The van der Waals surface area contributed by atoms with E-state index in [-0.39, 0.29) is 23.4 Å². The van der Waals surface area contributed by atoms with Crippen molar-refractivity contribution in [2.24, 2.45) is 0 Å². The molecule has 0 spiro atoms. The van der Waals surface area contributed by atoms with Gasteiger partial charge in [-0.3, -0.25) is 0 Å². The van der Waals surface area contributed by atoms with Gasteiger partial charge in [0.05, 0.1) is 31.2 Å². The van der Waals surface area contributed by atoms with Crippen LogP contribution in [0.1, 0.15) is 21.5 Å². The van der Waals surface area contributed by atoms with E-state index in [4.69, 9.17) is 0 Å². The summed E-state index contributed by atoms with van der Waals surface area (Å²) in [6.07, 6.45) is 0. The summed E-state index contributed by atoms with van der Waals surface area (Å²) in [6, 6.07) is 5.30. The van der Waals surface area contributed by atoms with Gasteiger partial charge in [0.2, 0.25) is 0 Å². The minimum Gasteiger partial charge on any atom is -0.465 e. The molecule has 0 atom stereocenters. The molecule has 0 unspecified atom stereocenters. The van der Waals surface area contributed by atoms with E-state index >= 15 is 0 Å². The number of anilines is 2. The van der Waals surface area contributed by atoms with Gasteiger partial charge in [-0.05, 0) is 30.7 Å². The smallest absolute Gasteiger partial charge is 0.340 e. The number of ether oxygens (including phenoxy) is 1. The maximum atomic E-state index is 14.5. The zero-order valence-electron chi connectivity index (χ0n) is 13.9. The molecule has 0 aliphatic rings. The lowest BCUT2D eigenvalue weighted by Gasteiger charge is -2.16. The van der Waals surface area contributed by atoms with Crippen LogP contribution in [0.5, 0.6) is 0 Å². The van der Waals surface area contributed by atoms with E-state index in [1.807, 2.05) is 0 Å². The van der Waals surface area contributed by atoms with Crippen LogP contribution in [-0.2, 0) is 16.1 Å². The lowest BCUT2D eigenvalue weighted by atomic mass is 10.1. The Labute approximate surface area is 142 Å². The van der Waals surface area contributed by atoms with E-state index < -0.39 is 29.1 Å². The second-order valence-electron chi connectivity index (χ2n) is 5.21. The first-order valence-electron chi connectivity index (χ1n) is 7.27. The number of aryl methyl sites for hydroxylation is 1. The van der Waals surface area contributed by atoms with Gasteiger partial charge in [0, 0.05) is 12.1 Å². The fourth-order valence-electron chi connectivity index (χ4n) is 2.21. The number of benzene rings is 2. The summed E-state index contributed by atoms with van der Waals surface area (Å²) >= 11 is 0. The molecule has 5 nitrogen and oxygen atoms in total. The van der Waals surface area contributed by atoms with Crippen LogP contribution in [0.25, 0.3) is 0 Å². The van der Waals surface area contributed by atoms with Gasteiger partial charge in [0.15, 0.2) is 11.6 Å². The van der Waals surface area contributed by atoms with Gasteiger partial charge in [-0.1, -0.05) is 6.07 Å². The number of rotatable bonds is 6. The number of halogens is 3. The normalized spacial score (nSPS) is 10.6. The number of esters is 1. The Kier molecular flexibility index (Phi) is 6.00. The molecule has 0 fully saturated rings. The molecule has 0 saturated carbocycles. The van der Waals surface area contributed by atoms with Crippen LogP contribution in [0.4, 0.5) is 24.5 Å². The van der Waals surface area contributed by atoms with Crippen molar-refractivity contribution in [1.29, 1.82) is 0 Å². The van der Waals surface area contributed by atoms with Crippen molar-refractivity contribution in [3.63, 3.8) is 0 Å². The third-order valence-corrected chi connectivity index (χ3v) is 3.48. The predicted octanol–water partition coefficient (Wildman–Crippen LogP) is 3.59. The molecule has 8 heteroatoms. The monoisotopic (exact) mass is 354 g/mol. The van der Waals surface area contributed by atoms with Crippen molar-refractivity contribution in [3.05, 3.63) is 58.4 Å². The fourth-order valence-corrected chi connectivity index (χ4v) is 2.21. The molecule has 0 amide bonds. The average molecular weight is 354 g/mol. The summed E-state index contributed by atoms with van der Waals surface area (Å²) in [7, 11) is 2.42. The molecule has 25 heavy (non-hydrogen) atoms. The molecular weight excluding hydrogens is 337 g/mol. The van der Waals surface area contributed by atoms with E-state index in [2.05, 4.69) is 20.4 Å². The Balaban J connectivity index is 2.54. The van der Waals surface area contributed by atoms with Gasteiger partial charge in [-0.25, -0.2) is 18.0 Å². The largest absolute Gasteiger partial charge is 0.465 e. The number of carbonyl (C=O) groups is 1. The number of hydroxylamine groups is 1. The van der Waals surface area contributed by atoms with Gasteiger partial charge in [-0.2, -0.15) is 5.48 Å². The zero-order chi connectivity index (χ0) is 18.6. The third kappa shape index (κ3) is 4.09. The molecule has 134 valence electrons. The molecule has 0 aromatic heterocycles. The van der Waals surface area contributed by atoms with Crippen molar-refractivity contribution in [2.45, 2.75) is 13.5 Å². The van der Waals surface area contributed by atoms with Crippen LogP contribution in [-0.4, -0.2) is 20.2 Å². The van der Waals surface area contributed by atoms with Crippen LogP contribution in [0.3, 0.4) is 0 Å². The molecule has 2 N–H and O–H groups in total. The molecule has 2 aromatic rings. The maximum absolute atomic E-state index is 14.5. The zero-order valence-corrected chi connectivity index (χ0v) is 13.9. The maximum Gasteiger partial charge on any atom is 0.340 e. The van der Waals surface area contributed by atoms with E-state index in [0.29, 0.717) is 5.56 Å². The van der Waals surface area contributed by atoms with Gasteiger partial charge < -0.3 is 14.9 Å². The van der Waals surface area contributed by atoms with Crippen LogP contribution in [0, 0.1) is 24.4 Å². The third-order valence-electron chi connectivity index (χ3n) is 3.48. The Bertz CT molecular complexity index is 797. The van der Waals surface area contributed by atoms with Crippen molar-refractivity contribution in [2.75, 3.05) is 19.5 Å². The van der Waals surface area contributed by atoms with Crippen LogP contribution in [0.15, 0.2) is 24.3 Å². The predicted molar refractivity (Wildman–Crippen MR) is 86.0 cm³/mol. The number of hydrogen-bond acceptors (Lipinski definition) is 5. The highest BCUT2D eigenvalue weighted by molar-refractivity contribution is 5.97. The number of hydrogen-bond donors (Lipinski definition) is 2. The van der Waals surface area contributed by atoms with Crippen molar-refractivity contribution in [1.82, 2.24) is 5.48 Å². The fraction of sp³-hybridized carbons (Fsp3) is 0.235. The van der Waals surface area contributed by atoms with Gasteiger partial charge in [-0.15, -0.1) is 0 Å². The van der Waals surface area contributed by atoms with Crippen LogP contribution in [0.2, 0.25) is 0 Å². The van der Waals surface area contributed by atoms with Gasteiger partial charge >= 0.3 is 5.97 Å². The Morgan fingerprint density at radius 1 is 1.12 bits per heavy atom. The van der Waals surface area contributed by atoms with Crippen LogP contribution >= 0.6 is 0 Å². The van der Waals surface area contributed by atoms with Crippen molar-refractivity contribution < 1.29 is 27.5 Å². The molecular formula is C17H17F3N2O3. The average Bonchev–Trinajstić information content (AvgIpc) is 2.59. The second-order valence-corrected chi connectivity index (χ2v) is 5.21. The Hall–Kier alpha value is -2.58. The second kappa shape index (κ2) is 8.00. The van der Waals surface area contributed by atoms with E-state index in [9.17, 15) is 18.0 Å². The van der Waals surface area contributed by atoms with Gasteiger partial charge in [0.1, 0.15) is 5.82 Å². The summed E-state index contributed by atoms with van der Waals surface area (Å²) in [5.74, 6) is -4.07. The first-order chi connectivity index (χ1) is 11.9. The summed E-state index contributed by atoms with van der Waals surface area (Å²) < 4.78 is 47.4. The Morgan fingerprint density at radius 2 is 1.84 bits per heavy atom. The van der Waals surface area contributed by atoms with Gasteiger partial charge in [0.25, 0.3) is 0 Å². The summed E-state index contributed by atoms with van der Waals surface area (Å²) in [5.41, 5.74) is 2.00. The first-order valence-corrected chi connectivity index (χ1v) is 7.27. The SMILES string of the molecule is CONCc1cc(C(=O)OC)c(Nc2ccc(C)cc2F)c(F)c1F. The molecule has 2 aromatic carbocycles. The molecule has 0 bridgehead atoms. The lowest BCUT2D eigenvalue weighted by Crippen LogP contribution is -2.16. The molecule has 0 radical (unpaired) electrons. The number of carbonyl (C=O) groups excluding carboxylic acids is 1. The first kappa shape index (κ1) is 18.8. The molecule has 2 rings (SSSR count). The molecule has 0 aliphatic carbocycles. The molecule has 0 aliphatic heterocycles. The minimum absolute atomic E-state index is 0.100. The number of nitrogens with one attached hydrogen (secondary N) is 2. The lowest BCUT2D eigenvalue weighted by molar-refractivity contribution is 0.0600. The van der Waals surface area contributed by atoms with Crippen LogP contribution < -0.4 is 10.8 Å². The Morgan fingerprint density at radius 3 is 2.44 bits per heavy atom. The highest BCUT2D eigenvalue weighted by Gasteiger charge is 2.24. The van der Waals surface area contributed by atoms with E-state index in [1.54, 1.807) is 13.0 Å². The van der Waals surface area contributed by atoms with Crippen molar-refractivity contribution in [3.8, 4) is 0 Å². The summed E-state index contributed by atoms with van der Waals surface area (Å²) in [5, 5.41) is 2.43. The quantitative estimate of drug-likeness (QED) is 0.613. The molecule has 0 saturated heterocycles. The number of methoxy groups -OCH3 is 1. The van der Waals surface area contributed by atoms with E-state index in [0.717, 1.165) is 13.2 Å². The summed E-state index contributed by atoms with van der Waals surface area (Å²) in [4.78, 5) is 16.6. The minimum atomic E-state index is -1.32. The summed E-state index contributed by atoms with van der Waals surface area (Å²) in [6.45, 7) is 1.51.